The van der Waals surface area contributed by atoms with Crippen molar-refractivity contribution in [3.63, 3.8) is 0 Å². The molecule has 0 spiro atoms. The number of rotatable bonds is 0. The first kappa shape index (κ1) is 6.04. The number of hydrogen-bond acceptors (Lipinski definition) is 2. The maximum absolute atomic E-state index is 10.3. The van der Waals surface area contributed by atoms with Crippen LogP contribution in [0.2, 0.25) is 0 Å². The zero-order chi connectivity index (χ0) is 5.98. The van der Waals surface area contributed by atoms with Crippen LogP contribution >= 0.6 is 0 Å². The van der Waals surface area contributed by atoms with Gasteiger partial charge in [0.25, 0.3) is 0 Å². The molecule has 45 valence electrons. The summed E-state index contributed by atoms with van der Waals surface area (Å²) in [6, 6.07) is 0. The summed E-state index contributed by atoms with van der Waals surface area (Å²) in [5.41, 5.74) is 0.485. The molecule has 0 atom stereocenters. The Morgan fingerprint density at radius 1 is 1.75 bits per heavy atom. The number of hydrogen-bond donors (Lipinski definition) is 1. The molecule has 4 nitrogen and oxygen atoms in total. The third-order valence-corrected chi connectivity index (χ3v) is 2.37. The Labute approximate surface area is 53.2 Å². The van der Waals surface area contributed by atoms with Gasteiger partial charge < -0.3 is 0 Å². The maximum atomic E-state index is 10.3. The van der Waals surface area contributed by atoms with Crippen molar-refractivity contribution in [3.05, 3.63) is 0 Å². The molecule has 0 unspecified atom stereocenters. The first-order chi connectivity index (χ1) is 3.79. The van der Waals surface area contributed by atoms with Crippen LogP contribution in [-0.2, 0) is 10.0 Å². The minimum atomic E-state index is -0.147. The molecule has 0 bridgehead atoms. The van der Waals surface area contributed by atoms with Crippen LogP contribution in [0.15, 0.2) is 0 Å². The molecule has 0 aliphatic carbocycles. The molecule has 1 saturated heterocycles. The second-order valence-corrected chi connectivity index (χ2v) is 3.01. The van der Waals surface area contributed by atoms with Crippen LogP contribution in [0.3, 0.4) is 0 Å². The van der Waals surface area contributed by atoms with E-state index in [-0.39, 0.29) is 27.6 Å². The third kappa shape index (κ3) is 1.45. The zero-order valence-electron chi connectivity index (χ0n) is 4.09. The molecule has 1 N–H and O–H groups in total. The van der Waals surface area contributed by atoms with E-state index in [1.165, 1.54) is 0 Å². The van der Waals surface area contributed by atoms with E-state index in [2.05, 4.69) is 4.33 Å². The number of nitrogens with zero attached hydrogens (tertiary/aromatic N) is 1. The number of hydroxylamine groups is 2. The molecule has 1 aliphatic heterocycles. The predicted octanol–water partition coefficient (Wildman–Crippen LogP) is -1.66. The van der Waals surface area contributed by atoms with Gasteiger partial charge in [-0.15, -0.1) is 0 Å². The van der Waals surface area contributed by atoms with Crippen molar-refractivity contribution in [2.45, 2.75) is 0 Å². The molecule has 1 fully saturated rings. The standard InChI is InChI=1S/C3H5N2O2Se/c6-3-1-5(7)2-8-4-3/h1-2H2,(H,4,6). The first-order valence-corrected chi connectivity index (χ1v) is 4.18. The molecule has 1 radical (unpaired) electrons. The van der Waals surface area contributed by atoms with E-state index in [0.717, 1.165) is 5.06 Å². The van der Waals surface area contributed by atoms with Gasteiger partial charge >= 0.3 is 52.5 Å². The van der Waals surface area contributed by atoms with Crippen molar-refractivity contribution in [1.29, 1.82) is 0 Å². The Bertz CT molecular complexity index is 107. The summed E-state index contributed by atoms with van der Waals surface area (Å²) < 4.78 is 2.59. The van der Waals surface area contributed by atoms with Crippen molar-refractivity contribution in [2.75, 3.05) is 12.0 Å². The molecule has 0 aromatic rings. The van der Waals surface area contributed by atoms with Gasteiger partial charge in [-0.3, -0.25) is 0 Å². The number of carbonyl (C=O) groups excluding carboxylic acids is 1. The molecule has 1 heterocycles. The Morgan fingerprint density at radius 3 is 2.88 bits per heavy atom. The first-order valence-electron chi connectivity index (χ1n) is 2.12. The van der Waals surface area contributed by atoms with Crippen molar-refractivity contribution >= 4 is 21.1 Å². The summed E-state index contributed by atoms with van der Waals surface area (Å²) >= 11 is 0.0110. The van der Waals surface area contributed by atoms with Crippen LogP contribution in [-0.4, -0.2) is 38.1 Å². The van der Waals surface area contributed by atoms with Crippen molar-refractivity contribution < 1.29 is 10.0 Å². The van der Waals surface area contributed by atoms with Gasteiger partial charge in [0.1, 0.15) is 0 Å². The van der Waals surface area contributed by atoms with Crippen molar-refractivity contribution in [3.8, 4) is 0 Å². The van der Waals surface area contributed by atoms with Crippen molar-refractivity contribution in [1.82, 2.24) is 9.40 Å². The molecule has 0 aromatic heterocycles. The molecule has 5 heteroatoms. The number of nitrogens with one attached hydrogen (secondary N) is 1. The normalized spacial score (nSPS) is 22.9. The quantitative estimate of drug-likeness (QED) is 0.453. The van der Waals surface area contributed by atoms with Crippen LogP contribution in [0.25, 0.3) is 0 Å². The Morgan fingerprint density at radius 2 is 2.50 bits per heavy atom. The third-order valence-electron chi connectivity index (χ3n) is 0.715. The van der Waals surface area contributed by atoms with Gasteiger partial charge in [0.2, 0.25) is 0 Å². The molecule has 1 amide bonds. The molecular weight excluding hydrogens is 175 g/mol. The summed E-state index contributed by atoms with van der Waals surface area (Å²) in [6.07, 6.45) is 0. The minimum absolute atomic E-state index is 0.0110. The Balaban J connectivity index is 2.34. The van der Waals surface area contributed by atoms with E-state index in [1.807, 2.05) is 0 Å². The summed E-state index contributed by atoms with van der Waals surface area (Å²) in [4.78, 5) is 10.3. The second-order valence-electron chi connectivity index (χ2n) is 1.44. The van der Waals surface area contributed by atoms with Crippen molar-refractivity contribution in [2.24, 2.45) is 0 Å². The van der Waals surface area contributed by atoms with Gasteiger partial charge in [-0.25, -0.2) is 0 Å². The van der Waals surface area contributed by atoms with Crippen LogP contribution in [0.1, 0.15) is 0 Å². The van der Waals surface area contributed by atoms with Gasteiger partial charge in [0, 0.05) is 0 Å². The van der Waals surface area contributed by atoms with E-state index in [1.54, 1.807) is 0 Å². The second kappa shape index (κ2) is 2.46. The molecular formula is C3H5N2O2Se. The van der Waals surface area contributed by atoms with E-state index in [9.17, 15) is 10.0 Å². The van der Waals surface area contributed by atoms with Gasteiger partial charge in [-0.1, -0.05) is 0 Å². The SMILES string of the molecule is [O]N1C[Se]NC(=O)C1. The monoisotopic (exact) mass is 181 g/mol. The fraction of sp³-hybridized carbons (Fsp3) is 0.667. The van der Waals surface area contributed by atoms with E-state index in [0.29, 0.717) is 5.44 Å². The fourth-order valence-corrected chi connectivity index (χ4v) is 1.53. The number of amides is 1. The Hall–Kier alpha value is -0.0905. The molecule has 1 aliphatic rings. The summed E-state index contributed by atoms with van der Waals surface area (Å²) in [6.45, 7) is 0.0156. The van der Waals surface area contributed by atoms with Gasteiger partial charge in [-0.05, 0) is 0 Å². The van der Waals surface area contributed by atoms with E-state index < -0.39 is 0 Å². The summed E-state index contributed by atoms with van der Waals surface area (Å²) in [5.74, 6) is -0.147. The fourth-order valence-electron chi connectivity index (χ4n) is 0.423. The number of carbonyl (C=O) groups is 1. The average Bonchev–Trinajstić information content (AvgIpc) is 1.64. The molecule has 8 heavy (non-hydrogen) atoms. The van der Waals surface area contributed by atoms with Crippen LogP contribution in [0.4, 0.5) is 0 Å². The van der Waals surface area contributed by atoms with Crippen LogP contribution in [0, 0.1) is 0 Å². The van der Waals surface area contributed by atoms with Crippen LogP contribution in [0.5, 0.6) is 0 Å². The van der Waals surface area contributed by atoms with Gasteiger partial charge in [-0.2, -0.15) is 0 Å². The topological polar surface area (TPSA) is 52.2 Å². The Kier molecular flexibility index (Phi) is 1.85. The molecule has 0 aromatic carbocycles. The van der Waals surface area contributed by atoms with Crippen LogP contribution < -0.4 is 4.33 Å². The van der Waals surface area contributed by atoms with Gasteiger partial charge in [0.15, 0.2) is 0 Å². The molecule has 1 rings (SSSR count). The van der Waals surface area contributed by atoms with E-state index >= 15 is 0 Å². The summed E-state index contributed by atoms with van der Waals surface area (Å²) in [5, 5.41) is 11.1. The average molecular weight is 180 g/mol. The zero-order valence-corrected chi connectivity index (χ0v) is 5.80. The summed E-state index contributed by atoms with van der Waals surface area (Å²) in [7, 11) is 0. The van der Waals surface area contributed by atoms with Gasteiger partial charge in [0.05, 0.1) is 0 Å². The molecule has 0 saturated carbocycles. The predicted molar refractivity (Wildman–Crippen MR) is 26.2 cm³/mol. The van der Waals surface area contributed by atoms with E-state index in [4.69, 9.17) is 0 Å².